The summed E-state index contributed by atoms with van der Waals surface area (Å²) < 4.78 is 15.2. The van der Waals surface area contributed by atoms with Crippen LogP contribution >= 0.6 is 0 Å². The van der Waals surface area contributed by atoms with Crippen LogP contribution in [-0.4, -0.2) is 26.2 Å². The SMILES string of the molecule is CC=C/C(C)=C1/C(=O)OC(=O)C1c1cc(OC)cc(OC)c1. The van der Waals surface area contributed by atoms with Gasteiger partial charge in [0.15, 0.2) is 0 Å². The standard InChI is InChI=1S/C17H18O5/c1-5-6-10(2)14-15(17(19)22-16(14)18)11-7-12(20-3)9-13(8-11)21-4/h5-9,15H,1-4H3/b6-5?,14-10+. The molecule has 116 valence electrons. The summed E-state index contributed by atoms with van der Waals surface area (Å²) in [5.41, 5.74) is 1.65. The Morgan fingerprint density at radius 3 is 2.23 bits per heavy atom. The summed E-state index contributed by atoms with van der Waals surface area (Å²) in [5.74, 6) is -0.867. The van der Waals surface area contributed by atoms with Crippen LogP contribution in [0, 0.1) is 0 Å². The summed E-state index contributed by atoms with van der Waals surface area (Å²) in [7, 11) is 3.05. The highest BCUT2D eigenvalue weighted by atomic mass is 16.6. The molecule has 1 atom stereocenters. The van der Waals surface area contributed by atoms with Gasteiger partial charge in [0.25, 0.3) is 0 Å². The number of esters is 2. The van der Waals surface area contributed by atoms with Crippen molar-refractivity contribution in [2.45, 2.75) is 19.8 Å². The van der Waals surface area contributed by atoms with Gasteiger partial charge in [-0.05, 0) is 37.1 Å². The van der Waals surface area contributed by atoms with Gasteiger partial charge in [-0.25, -0.2) is 4.79 Å². The van der Waals surface area contributed by atoms with E-state index < -0.39 is 17.9 Å². The molecule has 1 aliphatic heterocycles. The van der Waals surface area contributed by atoms with Crippen molar-refractivity contribution in [2.75, 3.05) is 14.2 Å². The molecule has 1 aliphatic rings. The summed E-state index contributed by atoms with van der Waals surface area (Å²) in [6, 6.07) is 5.11. The van der Waals surface area contributed by atoms with Crippen LogP contribution in [0.5, 0.6) is 11.5 Å². The fraction of sp³-hybridized carbons (Fsp3) is 0.294. The Bertz CT molecular complexity index is 647. The number of carbonyl (C=O) groups excluding carboxylic acids is 2. The molecular formula is C17H18O5. The van der Waals surface area contributed by atoms with E-state index in [4.69, 9.17) is 14.2 Å². The van der Waals surface area contributed by atoms with Gasteiger partial charge in [-0.3, -0.25) is 4.79 Å². The predicted octanol–water partition coefficient (Wildman–Crippen LogP) is 2.76. The first-order valence-corrected chi connectivity index (χ1v) is 6.84. The lowest BCUT2D eigenvalue weighted by Crippen LogP contribution is -2.09. The van der Waals surface area contributed by atoms with E-state index in [1.54, 1.807) is 31.2 Å². The molecule has 2 rings (SSSR count). The molecule has 1 heterocycles. The molecule has 0 saturated carbocycles. The molecule has 1 fully saturated rings. The van der Waals surface area contributed by atoms with Crippen LogP contribution in [0.2, 0.25) is 0 Å². The molecule has 0 spiro atoms. The number of rotatable bonds is 4. The maximum atomic E-state index is 12.1. The zero-order valence-corrected chi connectivity index (χ0v) is 13.0. The average Bonchev–Trinajstić information content (AvgIpc) is 2.81. The molecular weight excluding hydrogens is 284 g/mol. The van der Waals surface area contributed by atoms with Gasteiger partial charge in [0.1, 0.15) is 17.4 Å². The molecule has 1 unspecified atom stereocenters. The summed E-state index contributed by atoms with van der Waals surface area (Å²) in [6.07, 6.45) is 3.58. The normalized spacial score (nSPS) is 20.3. The number of cyclic esters (lactones) is 2. The number of allylic oxidation sites excluding steroid dienone is 3. The lowest BCUT2D eigenvalue weighted by atomic mass is 9.89. The van der Waals surface area contributed by atoms with E-state index >= 15 is 0 Å². The largest absolute Gasteiger partial charge is 0.497 e. The Balaban J connectivity index is 2.60. The van der Waals surface area contributed by atoms with Gasteiger partial charge in [0.2, 0.25) is 0 Å². The van der Waals surface area contributed by atoms with Crippen LogP contribution in [0.4, 0.5) is 0 Å². The fourth-order valence-electron chi connectivity index (χ4n) is 2.47. The predicted molar refractivity (Wildman–Crippen MR) is 80.9 cm³/mol. The van der Waals surface area contributed by atoms with E-state index in [1.807, 2.05) is 13.0 Å². The van der Waals surface area contributed by atoms with Crippen molar-refractivity contribution in [3.05, 3.63) is 47.1 Å². The molecule has 0 aliphatic carbocycles. The minimum Gasteiger partial charge on any atom is -0.497 e. The Labute approximate surface area is 129 Å². The lowest BCUT2D eigenvalue weighted by molar-refractivity contribution is -0.151. The van der Waals surface area contributed by atoms with Gasteiger partial charge in [0.05, 0.1) is 19.8 Å². The summed E-state index contributed by atoms with van der Waals surface area (Å²) in [6.45, 7) is 3.62. The van der Waals surface area contributed by atoms with Crippen molar-refractivity contribution >= 4 is 11.9 Å². The third-order valence-electron chi connectivity index (χ3n) is 3.49. The molecule has 1 aromatic rings. The second-order valence-corrected chi connectivity index (χ2v) is 4.88. The Morgan fingerprint density at radius 1 is 1.14 bits per heavy atom. The highest BCUT2D eigenvalue weighted by Crippen LogP contribution is 2.38. The number of methoxy groups -OCH3 is 2. The molecule has 0 amide bonds. The van der Waals surface area contributed by atoms with E-state index in [-0.39, 0.29) is 0 Å². The van der Waals surface area contributed by atoms with Crippen molar-refractivity contribution in [2.24, 2.45) is 0 Å². The van der Waals surface area contributed by atoms with Gasteiger partial charge < -0.3 is 14.2 Å². The zero-order chi connectivity index (χ0) is 16.3. The Kier molecular flexibility index (Phi) is 4.65. The number of hydrogen-bond acceptors (Lipinski definition) is 5. The molecule has 22 heavy (non-hydrogen) atoms. The van der Waals surface area contributed by atoms with Gasteiger partial charge in [-0.1, -0.05) is 12.2 Å². The third kappa shape index (κ3) is 2.88. The van der Waals surface area contributed by atoms with Crippen LogP contribution in [0.15, 0.2) is 41.5 Å². The maximum absolute atomic E-state index is 12.1. The van der Waals surface area contributed by atoms with Gasteiger partial charge >= 0.3 is 11.9 Å². The number of carbonyl (C=O) groups is 2. The van der Waals surface area contributed by atoms with Crippen molar-refractivity contribution < 1.29 is 23.8 Å². The molecule has 0 radical (unpaired) electrons. The molecule has 5 heteroatoms. The van der Waals surface area contributed by atoms with E-state index in [2.05, 4.69) is 0 Å². The highest BCUT2D eigenvalue weighted by Gasteiger charge is 2.41. The maximum Gasteiger partial charge on any atom is 0.343 e. The number of benzene rings is 1. The number of ether oxygens (including phenoxy) is 3. The Morgan fingerprint density at radius 2 is 1.73 bits per heavy atom. The smallest absolute Gasteiger partial charge is 0.343 e. The van der Waals surface area contributed by atoms with Crippen LogP contribution in [0.3, 0.4) is 0 Å². The minimum atomic E-state index is -0.771. The van der Waals surface area contributed by atoms with Crippen molar-refractivity contribution in [3.63, 3.8) is 0 Å². The molecule has 1 saturated heterocycles. The van der Waals surface area contributed by atoms with E-state index in [1.165, 1.54) is 14.2 Å². The van der Waals surface area contributed by atoms with Gasteiger partial charge in [-0.15, -0.1) is 0 Å². The first-order valence-electron chi connectivity index (χ1n) is 6.84. The van der Waals surface area contributed by atoms with Crippen molar-refractivity contribution in [1.82, 2.24) is 0 Å². The quantitative estimate of drug-likeness (QED) is 0.486. The highest BCUT2D eigenvalue weighted by molar-refractivity contribution is 6.11. The third-order valence-corrected chi connectivity index (χ3v) is 3.49. The van der Waals surface area contributed by atoms with Crippen molar-refractivity contribution in [1.29, 1.82) is 0 Å². The average molecular weight is 302 g/mol. The molecule has 0 N–H and O–H groups in total. The fourth-order valence-corrected chi connectivity index (χ4v) is 2.47. The lowest BCUT2D eigenvalue weighted by Gasteiger charge is -2.12. The van der Waals surface area contributed by atoms with Crippen LogP contribution in [-0.2, 0) is 14.3 Å². The van der Waals surface area contributed by atoms with E-state index in [0.717, 1.165) is 0 Å². The summed E-state index contributed by atoms with van der Waals surface area (Å²) in [5, 5.41) is 0. The Hall–Kier alpha value is -2.56. The molecule has 5 nitrogen and oxygen atoms in total. The zero-order valence-electron chi connectivity index (χ0n) is 13.0. The number of hydrogen-bond donors (Lipinski definition) is 0. The topological polar surface area (TPSA) is 61.8 Å². The van der Waals surface area contributed by atoms with Gasteiger partial charge in [0, 0.05) is 6.07 Å². The van der Waals surface area contributed by atoms with E-state index in [9.17, 15) is 9.59 Å². The first-order chi connectivity index (χ1) is 10.5. The second kappa shape index (κ2) is 6.47. The second-order valence-electron chi connectivity index (χ2n) is 4.88. The summed E-state index contributed by atoms with van der Waals surface area (Å²) >= 11 is 0. The molecule has 0 bridgehead atoms. The molecule has 1 aromatic carbocycles. The van der Waals surface area contributed by atoms with Crippen molar-refractivity contribution in [3.8, 4) is 11.5 Å². The monoisotopic (exact) mass is 302 g/mol. The van der Waals surface area contributed by atoms with Gasteiger partial charge in [-0.2, -0.15) is 0 Å². The van der Waals surface area contributed by atoms with E-state index in [0.29, 0.717) is 28.2 Å². The molecule has 0 aromatic heterocycles. The summed E-state index contributed by atoms with van der Waals surface area (Å²) in [4.78, 5) is 24.1. The van der Waals surface area contributed by atoms with Crippen LogP contribution in [0.25, 0.3) is 0 Å². The van der Waals surface area contributed by atoms with Crippen LogP contribution in [0.1, 0.15) is 25.3 Å². The first kappa shape index (κ1) is 15.8. The van der Waals surface area contributed by atoms with Crippen LogP contribution < -0.4 is 9.47 Å². The minimum absolute atomic E-state index is 0.346.